The van der Waals surface area contributed by atoms with E-state index in [0.717, 1.165) is 26.9 Å². The molecule has 0 bridgehead atoms. The normalized spacial score (nSPS) is 11.5. The van der Waals surface area contributed by atoms with E-state index in [1.54, 1.807) is 20.0 Å². The van der Waals surface area contributed by atoms with Gasteiger partial charge in [0.2, 0.25) is 0 Å². The van der Waals surface area contributed by atoms with Crippen LogP contribution in [0, 0.1) is 0 Å². The molecule has 0 aliphatic carbocycles. The molecule has 0 saturated carbocycles. The predicted molar refractivity (Wildman–Crippen MR) is 85.1 cm³/mol. The average molecular weight is 307 g/mol. The number of thiazole rings is 1. The molecule has 1 heterocycles. The Morgan fingerprint density at radius 3 is 2.38 bits per heavy atom. The number of aromatic nitrogens is 1. The highest BCUT2D eigenvalue weighted by Gasteiger charge is 2.20. The molecule has 2 rings (SSSR count). The molecule has 0 saturated heterocycles. The number of hydrogen-bond donors (Lipinski definition) is 1. The summed E-state index contributed by atoms with van der Waals surface area (Å²) in [4.78, 5) is 5.23. The van der Waals surface area contributed by atoms with E-state index in [1.807, 2.05) is 32.0 Å². The van der Waals surface area contributed by atoms with Crippen molar-refractivity contribution in [3.05, 3.63) is 29.3 Å². The van der Waals surface area contributed by atoms with E-state index in [9.17, 15) is 5.11 Å². The molecular weight excluding hydrogens is 286 g/mol. The third kappa shape index (κ3) is 3.74. The minimum Gasteiger partial charge on any atom is -0.490 e. The summed E-state index contributed by atoms with van der Waals surface area (Å²) in [6.07, 6.45) is 1.72. The monoisotopic (exact) mass is 307 g/mol. The molecule has 0 unspecified atom stereocenters. The first-order valence-electron chi connectivity index (χ1n) is 7.04. The first kappa shape index (κ1) is 15.8. The van der Waals surface area contributed by atoms with Gasteiger partial charge in [-0.15, -0.1) is 11.3 Å². The second-order valence-electron chi connectivity index (χ2n) is 5.12. The zero-order chi connectivity index (χ0) is 15.5. The number of nitrogens with zero attached hydrogens (tertiary/aromatic N) is 1. The summed E-state index contributed by atoms with van der Waals surface area (Å²) in [5.74, 6) is 1.46. The Hall–Kier alpha value is -1.59. The van der Waals surface area contributed by atoms with Gasteiger partial charge in [-0.05, 0) is 45.9 Å². The number of rotatable bonds is 6. The lowest BCUT2D eigenvalue weighted by Crippen LogP contribution is -2.12. The SMILES string of the molecule is CCOc1ccc(-c2ncc(C(C)(C)O)s2)cc1OCC. The topological polar surface area (TPSA) is 51.6 Å². The quantitative estimate of drug-likeness (QED) is 0.881. The van der Waals surface area contributed by atoms with Gasteiger partial charge in [0.25, 0.3) is 0 Å². The van der Waals surface area contributed by atoms with Crippen molar-refractivity contribution in [2.45, 2.75) is 33.3 Å². The van der Waals surface area contributed by atoms with Crippen molar-refractivity contribution in [1.82, 2.24) is 4.98 Å². The van der Waals surface area contributed by atoms with Crippen LogP contribution in [0.3, 0.4) is 0 Å². The Labute approximate surface area is 129 Å². The zero-order valence-corrected chi connectivity index (χ0v) is 13.7. The van der Waals surface area contributed by atoms with Crippen molar-refractivity contribution < 1.29 is 14.6 Å². The van der Waals surface area contributed by atoms with Gasteiger partial charge in [0.05, 0.1) is 23.7 Å². The van der Waals surface area contributed by atoms with Crippen molar-refractivity contribution in [3.8, 4) is 22.1 Å². The molecular formula is C16H21NO3S. The Kier molecular flexibility index (Phi) is 4.85. The Bertz CT molecular complexity index is 602. The van der Waals surface area contributed by atoms with E-state index in [2.05, 4.69) is 4.98 Å². The zero-order valence-electron chi connectivity index (χ0n) is 12.8. The fourth-order valence-corrected chi connectivity index (χ4v) is 2.79. The minimum absolute atomic E-state index is 0.580. The Morgan fingerprint density at radius 1 is 1.14 bits per heavy atom. The van der Waals surface area contributed by atoms with Gasteiger partial charge in [0.1, 0.15) is 5.01 Å². The molecule has 5 heteroatoms. The van der Waals surface area contributed by atoms with E-state index >= 15 is 0 Å². The Morgan fingerprint density at radius 2 is 1.81 bits per heavy atom. The molecule has 1 N–H and O–H groups in total. The van der Waals surface area contributed by atoms with Crippen LogP contribution >= 0.6 is 11.3 Å². The van der Waals surface area contributed by atoms with Crippen LogP contribution in [0.25, 0.3) is 10.6 Å². The van der Waals surface area contributed by atoms with Crippen molar-refractivity contribution in [1.29, 1.82) is 0 Å². The molecule has 0 fully saturated rings. The fraction of sp³-hybridized carbons (Fsp3) is 0.438. The lowest BCUT2D eigenvalue weighted by molar-refractivity contribution is 0.0823. The van der Waals surface area contributed by atoms with Gasteiger partial charge >= 0.3 is 0 Å². The van der Waals surface area contributed by atoms with Gasteiger partial charge < -0.3 is 14.6 Å². The highest BCUT2D eigenvalue weighted by molar-refractivity contribution is 7.15. The van der Waals surface area contributed by atoms with Crippen LogP contribution in [-0.2, 0) is 5.60 Å². The van der Waals surface area contributed by atoms with Gasteiger partial charge in [0.15, 0.2) is 11.5 Å². The summed E-state index contributed by atoms with van der Waals surface area (Å²) in [5.41, 5.74) is 0.0895. The Balaban J connectivity index is 2.35. The van der Waals surface area contributed by atoms with Crippen LogP contribution in [0.4, 0.5) is 0 Å². The summed E-state index contributed by atoms with van der Waals surface area (Å²) >= 11 is 1.48. The van der Waals surface area contributed by atoms with E-state index in [-0.39, 0.29) is 0 Å². The lowest BCUT2D eigenvalue weighted by atomic mass is 10.1. The van der Waals surface area contributed by atoms with Crippen LogP contribution in [0.5, 0.6) is 11.5 Å². The van der Waals surface area contributed by atoms with Crippen molar-refractivity contribution in [2.24, 2.45) is 0 Å². The highest BCUT2D eigenvalue weighted by Crippen LogP contribution is 2.36. The molecule has 0 amide bonds. The largest absolute Gasteiger partial charge is 0.490 e. The van der Waals surface area contributed by atoms with E-state index in [0.29, 0.717) is 13.2 Å². The van der Waals surface area contributed by atoms with Crippen LogP contribution in [0.2, 0.25) is 0 Å². The lowest BCUT2D eigenvalue weighted by Gasteiger charge is -2.13. The number of aliphatic hydroxyl groups is 1. The van der Waals surface area contributed by atoms with Gasteiger partial charge in [-0.3, -0.25) is 0 Å². The van der Waals surface area contributed by atoms with Crippen LogP contribution in [-0.4, -0.2) is 23.3 Å². The average Bonchev–Trinajstić information content (AvgIpc) is 2.91. The standard InChI is InChI=1S/C16H21NO3S/c1-5-19-12-8-7-11(9-13(12)20-6-2)15-17-10-14(21-15)16(3,4)18/h7-10,18H,5-6H2,1-4H3. The van der Waals surface area contributed by atoms with Crippen molar-refractivity contribution >= 4 is 11.3 Å². The van der Waals surface area contributed by atoms with E-state index in [4.69, 9.17) is 9.47 Å². The number of ether oxygens (including phenoxy) is 2. The number of hydrogen-bond acceptors (Lipinski definition) is 5. The summed E-state index contributed by atoms with van der Waals surface area (Å²) in [7, 11) is 0. The third-order valence-electron chi connectivity index (χ3n) is 2.90. The fourth-order valence-electron chi connectivity index (χ4n) is 1.87. The van der Waals surface area contributed by atoms with E-state index in [1.165, 1.54) is 11.3 Å². The molecule has 0 spiro atoms. The van der Waals surface area contributed by atoms with Crippen LogP contribution in [0.15, 0.2) is 24.4 Å². The smallest absolute Gasteiger partial charge is 0.161 e. The molecule has 2 aromatic rings. The molecule has 4 nitrogen and oxygen atoms in total. The van der Waals surface area contributed by atoms with Crippen LogP contribution in [0.1, 0.15) is 32.6 Å². The van der Waals surface area contributed by atoms with Gasteiger partial charge in [-0.1, -0.05) is 0 Å². The van der Waals surface area contributed by atoms with E-state index < -0.39 is 5.60 Å². The molecule has 1 aromatic carbocycles. The van der Waals surface area contributed by atoms with Crippen molar-refractivity contribution in [2.75, 3.05) is 13.2 Å². The minimum atomic E-state index is -0.871. The molecule has 0 radical (unpaired) electrons. The maximum absolute atomic E-state index is 10.0. The first-order valence-corrected chi connectivity index (χ1v) is 7.86. The summed E-state index contributed by atoms with van der Waals surface area (Å²) < 4.78 is 11.2. The first-order chi connectivity index (χ1) is 9.95. The molecule has 1 aromatic heterocycles. The molecule has 0 atom stereocenters. The third-order valence-corrected chi connectivity index (χ3v) is 4.26. The van der Waals surface area contributed by atoms with Gasteiger partial charge in [0, 0.05) is 11.8 Å². The summed E-state index contributed by atoms with van der Waals surface area (Å²) in [6.45, 7) is 8.58. The molecule has 21 heavy (non-hydrogen) atoms. The molecule has 0 aliphatic rings. The maximum Gasteiger partial charge on any atom is 0.161 e. The summed E-state index contributed by atoms with van der Waals surface area (Å²) in [5, 5.41) is 10.9. The second kappa shape index (κ2) is 6.45. The predicted octanol–water partition coefficient (Wildman–Crippen LogP) is 3.83. The maximum atomic E-state index is 10.0. The second-order valence-corrected chi connectivity index (χ2v) is 6.15. The van der Waals surface area contributed by atoms with Gasteiger partial charge in [-0.25, -0.2) is 4.98 Å². The highest BCUT2D eigenvalue weighted by atomic mass is 32.1. The number of benzene rings is 1. The molecule has 114 valence electrons. The summed E-state index contributed by atoms with van der Waals surface area (Å²) in [6, 6.07) is 5.79. The van der Waals surface area contributed by atoms with Crippen molar-refractivity contribution in [3.63, 3.8) is 0 Å². The molecule has 0 aliphatic heterocycles. The van der Waals surface area contributed by atoms with Gasteiger partial charge in [-0.2, -0.15) is 0 Å². The van der Waals surface area contributed by atoms with Crippen LogP contribution < -0.4 is 9.47 Å².